The molecule has 0 aliphatic carbocycles. The van der Waals surface area contributed by atoms with Crippen LogP contribution in [0.5, 0.6) is 5.75 Å². The maximum absolute atomic E-state index is 13.6. The van der Waals surface area contributed by atoms with E-state index in [1.165, 1.54) is 15.6 Å². The third-order valence-electron chi connectivity index (χ3n) is 3.96. The van der Waals surface area contributed by atoms with Crippen LogP contribution in [-0.4, -0.2) is 37.4 Å². The van der Waals surface area contributed by atoms with Crippen LogP contribution in [0.3, 0.4) is 0 Å². The first-order valence-corrected chi connectivity index (χ1v) is 8.35. The number of benzene rings is 1. The van der Waals surface area contributed by atoms with Gasteiger partial charge >= 0.3 is 0 Å². The van der Waals surface area contributed by atoms with Gasteiger partial charge in [0.15, 0.2) is 24.0 Å². The number of carbonyl (C=O) groups is 1. The van der Waals surface area contributed by atoms with Crippen LogP contribution in [0.15, 0.2) is 42.7 Å². The van der Waals surface area contributed by atoms with E-state index in [0.717, 1.165) is 24.4 Å². The van der Waals surface area contributed by atoms with E-state index in [-0.39, 0.29) is 24.1 Å². The maximum Gasteiger partial charge on any atom is 0.274 e. The summed E-state index contributed by atoms with van der Waals surface area (Å²) in [7, 11) is 1.68. The van der Waals surface area contributed by atoms with Gasteiger partial charge < -0.3 is 9.64 Å². The van der Waals surface area contributed by atoms with Gasteiger partial charge in [0.25, 0.3) is 5.91 Å². The molecule has 2 heterocycles. The smallest absolute Gasteiger partial charge is 0.274 e. The van der Waals surface area contributed by atoms with Crippen LogP contribution >= 0.6 is 0 Å². The van der Waals surface area contributed by atoms with Crippen molar-refractivity contribution in [3.8, 4) is 5.75 Å². The molecule has 0 unspecified atom stereocenters. The molecule has 0 bridgehead atoms. The average Bonchev–Trinajstić information content (AvgIpc) is 3.29. The minimum Gasteiger partial charge on any atom is -0.468 e. The van der Waals surface area contributed by atoms with Gasteiger partial charge in [-0.2, -0.15) is 10.2 Å². The molecule has 1 amide bonds. The Morgan fingerprint density at radius 1 is 1.26 bits per heavy atom. The monoisotopic (exact) mass is 375 g/mol. The van der Waals surface area contributed by atoms with Crippen molar-refractivity contribution in [1.82, 2.24) is 24.5 Å². The lowest BCUT2D eigenvalue weighted by Crippen LogP contribution is -2.28. The highest BCUT2D eigenvalue weighted by Gasteiger charge is 2.17. The number of ether oxygens (including phenoxy) is 1. The first-order valence-electron chi connectivity index (χ1n) is 8.35. The quantitative estimate of drug-likeness (QED) is 0.637. The summed E-state index contributed by atoms with van der Waals surface area (Å²) in [5, 5.41) is 8.32. The van der Waals surface area contributed by atoms with Gasteiger partial charge in [0.05, 0.1) is 12.2 Å². The molecule has 0 saturated carbocycles. The Morgan fingerprint density at radius 2 is 2.07 bits per heavy atom. The summed E-state index contributed by atoms with van der Waals surface area (Å²) < 4.78 is 34.9. The van der Waals surface area contributed by atoms with Gasteiger partial charge in [0.2, 0.25) is 0 Å². The van der Waals surface area contributed by atoms with Crippen LogP contribution in [0.2, 0.25) is 0 Å². The van der Waals surface area contributed by atoms with Crippen LogP contribution in [0.4, 0.5) is 8.78 Å². The number of aryl methyl sites for hydroxylation is 1. The van der Waals surface area contributed by atoms with Crippen molar-refractivity contribution in [2.75, 3.05) is 7.05 Å². The van der Waals surface area contributed by atoms with Crippen molar-refractivity contribution in [3.63, 3.8) is 0 Å². The van der Waals surface area contributed by atoms with Gasteiger partial charge in [-0.3, -0.25) is 9.48 Å². The lowest BCUT2D eigenvalue weighted by Gasteiger charge is -2.16. The molecule has 142 valence electrons. The van der Waals surface area contributed by atoms with E-state index in [0.29, 0.717) is 6.54 Å². The molecule has 0 spiro atoms. The van der Waals surface area contributed by atoms with Crippen LogP contribution < -0.4 is 4.74 Å². The molecule has 0 aliphatic heterocycles. The van der Waals surface area contributed by atoms with Crippen molar-refractivity contribution in [2.24, 2.45) is 0 Å². The maximum atomic E-state index is 13.6. The van der Waals surface area contributed by atoms with Crippen molar-refractivity contribution < 1.29 is 18.3 Å². The fourth-order valence-electron chi connectivity index (χ4n) is 2.57. The second-order valence-electron chi connectivity index (χ2n) is 5.89. The van der Waals surface area contributed by atoms with E-state index in [9.17, 15) is 13.6 Å². The van der Waals surface area contributed by atoms with Gasteiger partial charge in [0, 0.05) is 32.1 Å². The number of halogens is 2. The van der Waals surface area contributed by atoms with E-state index in [2.05, 4.69) is 10.2 Å². The molecule has 1 aromatic carbocycles. The van der Waals surface area contributed by atoms with Crippen molar-refractivity contribution in [2.45, 2.75) is 26.7 Å². The minimum atomic E-state index is -0.800. The average molecular weight is 375 g/mol. The number of amides is 1. The fraction of sp³-hybridized carbons (Fsp3) is 0.278. The van der Waals surface area contributed by atoms with E-state index in [4.69, 9.17) is 4.74 Å². The Balaban J connectivity index is 1.61. The van der Waals surface area contributed by atoms with E-state index in [1.807, 2.05) is 17.7 Å². The van der Waals surface area contributed by atoms with Crippen LogP contribution in [-0.2, 0) is 19.8 Å². The second-order valence-corrected chi connectivity index (χ2v) is 5.89. The molecular weight excluding hydrogens is 356 g/mol. The van der Waals surface area contributed by atoms with Crippen LogP contribution in [0, 0.1) is 11.6 Å². The summed E-state index contributed by atoms with van der Waals surface area (Å²) in [6.45, 7) is 2.99. The third kappa shape index (κ3) is 4.30. The van der Waals surface area contributed by atoms with Crippen molar-refractivity contribution >= 4 is 5.91 Å². The molecule has 9 heteroatoms. The van der Waals surface area contributed by atoms with E-state index >= 15 is 0 Å². The molecule has 7 nitrogen and oxygen atoms in total. The first kappa shape index (κ1) is 18.6. The Hall–Kier alpha value is -3.23. The molecule has 0 aliphatic rings. The minimum absolute atomic E-state index is 0.0928. The largest absolute Gasteiger partial charge is 0.468 e. The molecule has 3 rings (SSSR count). The highest BCUT2D eigenvalue weighted by Crippen LogP contribution is 2.18. The summed E-state index contributed by atoms with van der Waals surface area (Å²) in [6, 6.07) is 6.46. The molecule has 0 radical (unpaired) electrons. The Bertz CT molecular complexity index is 937. The number of nitrogens with zero attached hydrogens (tertiary/aromatic N) is 5. The highest BCUT2D eigenvalue weighted by atomic mass is 19.1. The summed E-state index contributed by atoms with van der Waals surface area (Å²) in [6.07, 6.45) is 3.25. The molecular formula is C18H19F2N5O2. The fourth-order valence-corrected chi connectivity index (χ4v) is 2.57. The summed E-state index contributed by atoms with van der Waals surface area (Å²) in [4.78, 5) is 14.1. The lowest BCUT2D eigenvalue weighted by molar-refractivity contribution is 0.0773. The Morgan fingerprint density at radius 3 is 2.81 bits per heavy atom. The third-order valence-corrected chi connectivity index (χ3v) is 3.96. The summed E-state index contributed by atoms with van der Waals surface area (Å²) >= 11 is 0. The molecule has 2 aromatic heterocycles. The van der Waals surface area contributed by atoms with Crippen LogP contribution in [0.1, 0.15) is 23.1 Å². The molecule has 3 aromatic rings. The zero-order valence-corrected chi connectivity index (χ0v) is 15.0. The normalized spacial score (nSPS) is 10.8. The summed E-state index contributed by atoms with van der Waals surface area (Å²) in [5.74, 6) is -1.83. The van der Waals surface area contributed by atoms with Gasteiger partial charge in [-0.05, 0) is 31.2 Å². The number of aromatic nitrogens is 4. The zero-order valence-electron chi connectivity index (χ0n) is 15.0. The van der Waals surface area contributed by atoms with Crippen molar-refractivity contribution in [3.05, 3.63) is 65.7 Å². The standard InChI is InChI=1S/C18H19F2N5O2/c1-3-25-14(6-8-21-25)11-23(2)18(26)16-7-9-24(22-16)12-27-17-5-4-13(19)10-15(17)20/h4-10H,3,11-12H2,1-2H3. The Labute approximate surface area is 154 Å². The van der Waals surface area contributed by atoms with E-state index < -0.39 is 11.6 Å². The predicted octanol–water partition coefficient (Wildman–Crippen LogP) is 2.69. The van der Waals surface area contributed by atoms with Gasteiger partial charge in [-0.1, -0.05) is 0 Å². The number of carbonyl (C=O) groups excluding carboxylic acids is 1. The molecule has 0 fully saturated rings. The van der Waals surface area contributed by atoms with Gasteiger partial charge in [-0.25, -0.2) is 13.5 Å². The SMILES string of the molecule is CCn1nccc1CN(C)C(=O)c1ccn(COc2ccc(F)cc2F)n1. The second kappa shape index (κ2) is 7.98. The lowest BCUT2D eigenvalue weighted by atomic mass is 10.3. The van der Waals surface area contributed by atoms with E-state index in [1.54, 1.807) is 25.5 Å². The topological polar surface area (TPSA) is 65.2 Å². The van der Waals surface area contributed by atoms with Gasteiger partial charge in [-0.15, -0.1) is 0 Å². The molecule has 0 saturated heterocycles. The molecule has 0 atom stereocenters. The highest BCUT2D eigenvalue weighted by molar-refractivity contribution is 5.91. The molecule has 27 heavy (non-hydrogen) atoms. The zero-order chi connectivity index (χ0) is 19.4. The summed E-state index contributed by atoms with van der Waals surface area (Å²) in [5.41, 5.74) is 1.16. The van der Waals surface area contributed by atoms with Crippen molar-refractivity contribution in [1.29, 1.82) is 0 Å². The number of hydrogen-bond acceptors (Lipinski definition) is 4. The molecule has 0 N–H and O–H groups in total. The first-order chi connectivity index (χ1) is 13.0. The predicted molar refractivity (Wildman–Crippen MR) is 92.9 cm³/mol. The Kier molecular flexibility index (Phi) is 5.49. The number of hydrogen-bond donors (Lipinski definition) is 0. The van der Waals surface area contributed by atoms with Crippen LogP contribution in [0.25, 0.3) is 0 Å². The van der Waals surface area contributed by atoms with Gasteiger partial charge in [0.1, 0.15) is 5.82 Å². The number of rotatable bonds is 7.